The zero-order valence-corrected chi connectivity index (χ0v) is 15.1. The Morgan fingerprint density at radius 1 is 0.893 bits per heavy atom. The first-order valence-electron chi connectivity index (χ1n) is 8.59. The van der Waals surface area contributed by atoms with E-state index in [9.17, 15) is 14.0 Å². The number of rotatable bonds is 5. The molecule has 0 radical (unpaired) electrons. The minimum atomic E-state index is -0.441. The van der Waals surface area contributed by atoms with Gasteiger partial charge in [-0.1, -0.05) is 35.9 Å². The van der Waals surface area contributed by atoms with Crippen LogP contribution in [-0.4, -0.2) is 18.0 Å². The average molecular weight is 375 g/mol. The number of benzene rings is 3. The van der Waals surface area contributed by atoms with Crippen molar-refractivity contribution in [2.24, 2.45) is 5.10 Å². The highest BCUT2D eigenvalue weighted by atomic mass is 19.1. The van der Waals surface area contributed by atoms with Gasteiger partial charge in [-0.3, -0.25) is 9.59 Å². The molecule has 0 unspecified atom stereocenters. The van der Waals surface area contributed by atoms with Gasteiger partial charge in [-0.25, -0.2) is 9.82 Å². The molecule has 5 nitrogen and oxygen atoms in total. The van der Waals surface area contributed by atoms with Crippen LogP contribution in [0.1, 0.15) is 31.8 Å². The molecule has 3 aromatic rings. The van der Waals surface area contributed by atoms with Gasteiger partial charge in [0, 0.05) is 22.4 Å². The molecule has 28 heavy (non-hydrogen) atoms. The van der Waals surface area contributed by atoms with Gasteiger partial charge >= 0.3 is 0 Å². The van der Waals surface area contributed by atoms with E-state index in [1.54, 1.807) is 54.6 Å². The van der Waals surface area contributed by atoms with Crippen molar-refractivity contribution in [3.63, 3.8) is 0 Å². The third-order valence-corrected chi connectivity index (χ3v) is 3.96. The van der Waals surface area contributed by atoms with Crippen LogP contribution in [0.15, 0.2) is 77.9 Å². The highest BCUT2D eigenvalue weighted by Gasteiger charge is 2.08. The summed E-state index contributed by atoms with van der Waals surface area (Å²) in [4.78, 5) is 24.4. The summed E-state index contributed by atoms with van der Waals surface area (Å²) in [6, 6.07) is 19.8. The maximum atomic E-state index is 13.5. The average Bonchev–Trinajstić information content (AvgIpc) is 2.70. The second-order valence-electron chi connectivity index (χ2n) is 6.12. The molecule has 0 atom stereocenters. The Hall–Kier alpha value is -3.80. The minimum Gasteiger partial charge on any atom is -0.322 e. The number of aryl methyl sites for hydroxylation is 1. The van der Waals surface area contributed by atoms with Crippen molar-refractivity contribution in [1.29, 1.82) is 0 Å². The molecule has 0 saturated carbocycles. The molecule has 140 valence electrons. The fourth-order valence-corrected chi connectivity index (χ4v) is 2.50. The number of halogens is 1. The van der Waals surface area contributed by atoms with Crippen LogP contribution in [0.4, 0.5) is 10.1 Å². The molecule has 2 N–H and O–H groups in total. The molecular formula is C22H18FN3O2. The van der Waals surface area contributed by atoms with Gasteiger partial charge in [0.2, 0.25) is 0 Å². The smallest absolute Gasteiger partial charge is 0.271 e. The fraction of sp³-hybridized carbons (Fsp3) is 0.0455. The summed E-state index contributed by atoms with van der Waals surface area (Å²) in [6.45, 7) is 1.92. The number of carbonyl (C=O) groups is 2. The molecule has 3 rings (SSSR count). The summed E-state index contributed by atoms with van der Waals surface area (Å²) >= 11 is 0. The van der Waals surface area contributed by atoms with Crippen LogP contribution >= 0.6 is 0 Å². The Morgan fingerprint density at radius 3 is 2.36 bits per heavy atom. The molecule has 2 amide bonds. The van der Waals surface area contributed by atoms with Crippen molar-refractivity contribution < 1.29 is 14.0 Å². The van der Waals surface area contributed by atoms with Crippen molar-refractivity contribution in [2.75, 3.05) is 5.32 Å². The van der Waals surface area contributed by atoms with E-state index >= 15 is 0 Å². The van der Waals surface area contributed by atoms with Gasteiger partial charge in [0.1, 0.15) is 5.82 Å². The van der Waals surface area contributed by atoms with Crippen LogP contribution in [0, 0.1) is 12.7 Å². The summed E-state index contributed by atoms with van der Waals surface area (Å²) in [6.07, 6.45) is 1.24. The Morgan fingerprint density at radius 2 is 1.64 bits per heavy atom. The lowest BCUT2D eigenvalue weighted by atomic mass is 10.1. The van der Waals surface area contributed by atoms with Crippen LogP contribution in [0.5, 0.6) is 0 Å². The van der Waals surface area contributed by atoms with E-state index in [0.717, 1.165) is 5.56 Å². The monoisotopic (exact) mass is 375 g/mol. The first-order valence-corrected chi connectivity index (χ1v) is 8.59. The molecule has 0 bridgehead atoms. The number of amides is 2. The van der Waals surface area contributed by atoms with Crippen LogP contribution in [0.25, 0.3) is 0 Å². The number of hydrazone groups is 1. The quantitative estimate of drug-likeness (QED) is 0.519. The molecule has 3 aromatic carbocycles. The summed E-state index contributed by atoms with van der Waals surface area (Å²) in [5.41, 5.74) is 5.10. The minimum absolute atomic E-state index is 0.226. The molecule has 0 aliphatic heterocycles. The SMILES string of the molecule is Cc1cccc(C(=O)Nc2ccc(C(=O)NN=Cc3ccccc3F)cc2)c1. The zero-order valence-electron chi connectivity index (χ0n) is 15.1. The van der Waals surface area contributed by atoms with Crippen molar-refractivity contribution in [1.82, 2.24) is 5.43 Å². The van der Waals surface area contributed by atoms with Gasteiger partial charge in [0.15, 0.2) is 0 Å². The second-order valence-corrected chi connectivity index (χ2v) is 6.12. The largest absolute Gasteiger partial charge is 0.322 e. The Kier molecular flexibility index (Phi) is 5.91. The van der Waals surface area contributed by atoms with E-state index in [1.165, 1.54) is 12.3 Å². The van der Waals surface area contributed by atoms with Crippen molar-refractivity contribution in [3.05, 3.63) is 101 Å². The number of nitrogens with one attached hydrogen (secondary N) is 2. The summed E-state index contributed by atoms with van der Waals surface area (Å²) in [7, 11) is 0. The fourth-order valence-electron chi connectivity index (χ4n) is 2.50. The molecule has 0 spiro atoms. The lowest BCUT2D eigenvalue weighted by Gasteiger charge is -2.07. The van der Waals surface area contributed by atoms with E-state index < -0.39 is 11.7 Å². The molecule has 0 fully saturated rings. The summed E-state index contributed by atoms with van der Waals surface area (Å²) < 4.78 is 13.5. The first kappa shape index (κ1) is 19.0. The summed E-state index contributed by atoms with van der Waals surface area (Å²) in [5.74, 6) is -1.09. The number of hydrogen-bond acceptors (Lipinski definition) is 3. The van der Waals surface area contributed by atoms with Gasteiger partial charge in [-0.2, -0.15) is 5.10 Å². The van der Waals surface area contributed by atoms with Crippen LogP contribution in [0.3, 0.4) is 0 Å². The Labute approximate surface area is 161 Å². The third-order valence-electron chi connectivity index (χ3n) is 3.96. The number of hydrogen-bond donors (Lipinski definition) is 2. The molecule has 0 aliphatic rings. The van der Waals surface area contributed by atoms with E-state index in [-0.39, 0.29) is 11.5 Å². The van der Waals surface area contributed by atoms with Crippen LogP contribution < -0.4 is 10.7 Å². The highest BCUT2D eigenvalue weighted by Crippen LogP contribution is 2.12. The normalized spacial score (nSPS) is 10.6. The first-order chi connectivity index (χ1) is 13.5. The molecule has 0 aromatic heterocycles. The number of anilines is 1. The predicted molar refractivity (Wildman–Crippen MR) is 107 cm³/mol. The number of nitrogens with zero attached hydrogens (tertiary/aromatic N) is 1. The number of carbonyl (C=O) groups excluding carboxylic acids is 2. The van der Waals surface area contributed by atoms with E-state index in [4.69, 9.17) is 0 Å². The van der Waals surface area contributed by atoms with Crippen molar-refractivity contribution >= 4 is 23.7 Å². The highest BCUT2D eigenvalue weighted by molar-refractivity contribution is 6.04. The maximum absolute atomic E-state index is 13.5. The molecule has 0 saturated heterocycles. The third kappa shape index (κ3) is 4.88. The maximum Gasteiger partial charge on any atom is 0.271 e. The topological polar surface area (TPSA) is 70.6 Å². The van der Waals surface area contributed by atoms with Crippen LogP contribution in [-0.2, 0) is 0 Å². The predicted octanol–water partition coefficient (Wildman–Crippen LogP) is 4.15. The molecule has 0 aliphatic carbocycles. The molecule has 6 heteroatoms. The van der Waals surface area contributed by atoms with Gasteiger partial charge in [0.05, 0.1) is 6.21 Å². The van der Waals surface area contributed by atoms with Crippen molar-refractivity contribution in [3.8, 4) is 0 Å². The van der Waals surface area contributed by atoms with Gasteiger partial charge in [-0.15, -0.1) is 0 Å². The molecule has 0 heterocycles. The van der Waals surface area contributed by atoms with Crippen molar-refractivity contribution in [2.45, 2.75) is 6.92 Å². The van der Waals surface area contributed by atoms with E-state index in [1.807, 2.05) is 19.1 Å². The van der Waals surface area contributed by atoms with Gasteiger partial charge < -0.3 is 5.32 Å². The molecular weight excluding hydrogens is 357 g/mol. The Bertz CT molecular complexity index is 1030. The van der Waals surface area contributed by atoms with E-state index in [2.05, 4.69) is 15.8 Å². The van der Waals surface area contributed by atoms with Gasteiger partial charge in [0.25, 0.3) is 11.8 Å². The Balaban J connectivity index is 1.60. The van der Waals surface area contributed by atoms with E-state index in [0.29, 0.717) is 16.8 Å². The van der Waals surface area contributed by atoms with Gasteiger partial charge in [-0.05, 0) is 49.4 Å². The second kappa shape index (κ2) is 8.73. The lowest BCUT2D eigenvalue weighted by Crippen LogP contribution is -2.18. The zero-order chi connectivity index (χ0) is 19.9. The standard InChI is InChI=1S/C22H18FN3O2/c1-15-5-4-7-17(13-15)21(27)25-19-11-9-16(10-12-19)22(28)26-24-14-18-6-2-3-8-20(18)23/h2-14H,1H3,(H,25,27)(H,26,28). The lowest BCUT2D eigenvalue weighted by molar-refractivity contribution is 0.0954. The summed E-state index contributed by atoms with van der Waals surface area (Å²) in [5, 5.41) is 6.54. The van der Waals surface area contributed by atoms with Crippen LogP contribution in [0.2, 0.25) is 0 Å².